The molecular weight excluding hydrogens is 350 g/mol. The van der Waals surface area contributed by atoms with E-state index in [0.717, 1.165) is 0 Å². The third-order valence-corrected chi connectivity index (χ3v) is 4.08. The highest BCUT2D eigenvalue weighted by Gasteiger charge is 2.18. The third kappa shape index (κ3) is 3.35. The van der Waals surface area contributed by atoms with Crippen molar-refractivity contribution in [1.82, 2.24) is 5.43 Å². The van der Waals surface area contributed by atoms with Gasteiger partial charge in [-0.15, -0.1) is 0 Å². The van der Waals surface area contributed by atoms with Gasteiger partial charge in [-0.1, -0.05) is 33.6 Å². The third-order valence-electron chi connectivity index (χ3n) is 3.00. The van der Waals surface area contributed by atoms with Crippen LogP contribution < -0.4 is 11.3 Å². The molecule has 0 fully saturated rings. The Balaban J connectivity index is 2.36. The molecular formula is C14H12BrClF2N2. The van der Waals surface area contributed by atoms with Gasteiger partial charge in [-0.2, -0.15) is 0 Å². The lowest BCUT2D eigenvalue weighted by Gasteiger charge is -2.19. The van der Waals surface area contributed by atoms with Crippen LogP contribution in [0.2, 0.25) is 5.02 Å². The van der Waals surface area contributed by atoms with Crippen molar-refractivity contribution in [3.05, 3.63) is 68.7 Å². The molecule has 0 saturated heterocycles. The van der Waals surface area contributed by atoms with Gasteiger partial charge in [-0.05, 0) is 42.3 Å². The van der Waals surface area contributed by atoms with Crippen LogP contribution >= 0.6 is 27.5 Å². The number of nitrogens with one attached hydrogen (secondary N) is 1. The minimum absolute atomic E-state index is 0.212. The summed E-state index contributed by atoms with van der Waals surface area (Å²) in [6.45, 7) is 0. The van der Waals surface area contributed by atoms with Crippen LogP contribution in [0.1, 0.15) is 17.2 Å². The van der Waals surface area contributed by atoms with Crippen molar-refractivity contribution in [2.75, 3.05) is 0 Å². The van der Waals surface area contributed by atoms with E-state index >= 15 is 0 Å². The van der Waals surface area contributed by atoms with E-state index in [1.54, 1.807) is 12.1 Å². The molecule has 2 nitrogen and oxygen atoms in total. The average molecular weight is 362 g/mol. The molecule has 0 radical (unpaired) electrons. The first-order valence-electron chi connectivity index (χ1n) is 5.87. The molecule has 0 spiro atoms. The van der Waals surface area contributed by atoms with E-state index in [4.69, 9.17) is 17.4 Å². The van der Waals surface area contributed by atoms with E-state index in [1.165, 1.54) is 24.3 Å². The number of hydrogen-bond acceptors (Lipinski definition) is 2. The summed E-state index contributed by atoms with van der Waals surface area (Å²) in [6, 6.07) is 8.27. The Kier molecular flexibility index (Phi) is 5.10. The summed E-state index contributed by atoms with van der Waals surface area (Å²) in [6.07, 6.45) is 0.212. The lowest BCUT2D eigenvalue weighted by atomic mass is 9.99. The molecule has 0 aliphatic carbocycles. The topological polar surface area (TPSA) is 38.0 Å². The molecule has 20 heavy (non-hydrogen) atoms. The number of hydrogen-bond donors (Lipinski definition) is 2. The van der Waals surface area contributed by atoms with Gasteiger partial charge in [0.05, 0.1) is 6.04 Å². The van der Waals surface area contributed by atoms with E-state index in [1.807, 2.05) is 0 Å². The average Bonchev–Trinajstić information content (AvgIpc) is 2.42. The van der Waals surface area contributed by atoms with E-state index in [2.05, 4.69) is 21.4 Å². The van der Waals surface area contributed by atoms with Crippen molar-refractivity contribution in [1.29, 1.82) is 0 Å². The monoisotopic (exact) mass is 360 g/mol. The highest BCUT2D eigenvalue weighted by Crippen LogP contribution is 2.29. The maximum absolute atomic E-state index is 13.8. The molecule has 2 rings (SSSR count). The van der Waals surface area contributed by atoms with E-state index in [0.29, 0.717) is 20.6 Å². The lowest BCUT2D eigenvalue weighted by Crippen LogP contribution is -2.30. The van der Waals surface area contributed by atoms with E-state index < -0.39 is 11.9 Å². The van der Waals surface area contributed by atoms with Crippen molar-refractivity contribution in [3.63, 3.8) is 0 Å². The van der Waals surface area contributed by atoms with Crippen molar-refractivity contribution < 1.29 is 8.78 Å². The molecule has 1 atom stereocenters. The second kappa shape index (κ2) is 6.63. The predicted octanol–water partition coefficient (Wildman–Crippen LogP) is 4.13. The van der Waals surface area contributed by atoms with Gasteiger partial charge in [0.15, 0.2) is 0 Å². The van der Waals surface area contributed by atoms with Gasteiger partial charge in [0.2, 0.25) is 0 Å². The Morgan fingerprint density at radius 1 is 1.25 bits per heavy atom. The first-order chi connectivity index (χ1) is 9.52. The zero-order chi connectivity index (χ0) is 14.7. The van der Waals surface area contributed by atoms with E-state index in [-0.39, 0.29) is 12.2 Å². The first-order valence-corrected chi connectivity index (χ1v) is 7.04. The maximum Gasteiger partial charge on any atom is 0.127 e. The molecule has 0 saturated carbocycles. The highest BCUT2D eigenvalue weighted by atomic mass is 79.9. The molecule has 2 aromatic carbocycles. The Hall–Kier alpha value is -1.01. The van der Waals surface area contributed by atoms with Crippen LogP contribution in [0.4, 0.5) is 8.78 Å². The molecule has 0 amide bonds. The van der Waals surface area contributed by atoms with Gasteiger partial charge in [0.1, 0.15) is 11.6 Å². The highest BCUT2D eigenvalue weighted by molar-refractivity contribution is 9.10. The minimum Gasteiger partial charge on any atom is -0.271 e. The summed E-state index contributed by atoms with van der Waals surface area (Å²) in [4.78, 5) is 0. The van der Waals surface area contributed by atoms with Crippen LogP contribution in [0.25, 0.3) is 0 Å². The lowest BCUT2D eigenvalue weighted by molar-refractivity contribution is 0.523. The van der Waals surface area contributed by atoms with Gasteiger partial charge in [-0.3, -0.25) is 11.3 Å². The van der Waals surface area contributed by atoms with Crippen LogP contribution in [0, 0.1) is 11.6 Å². The largest absolute Gasteiger partial charge is 0.271 e. The Labute approximate surface area is 129 Å². The second-order valence-electron chi connectivity index (χ2n) is 4.29. The summed E-state index contributed by atoms with van der Waals surface area (Å²) in [5, 5.41) is 0.317. The SMILES string of the molecule is NNC(Cc1c(F)cccc1Cl)c1cc(F)ccc1Br. The molecule has 106 valence electrons. The fourth-order valence-corrected chi connectivity index (χ4v) is 2.73. The zero-order valence-corrected chi connectivity index (χ0v) is 12.7. The molecule has 0 aliphatic rings. The standard InChI is InChI=1S/C14H12BrClF2N2/c15-11-5-4-8(17)6-9(11)14(20-19)7-10-12(16)2-1-3-13(10)18/h1-6,14,20H,7,19H2. The van der Waals surface area contributed by atoms with Crippen LogP contribution in [0.5, 0.6) is 0 Å². The summed E-state index contributed by atoms with van der Waals surface area (Å²) in [7, 11) is 0. The van der Waals surface area contributed by atoms with Crippen LogP contribution in [0.3, 0.4) is 0 Å². The van der Waals surface area contributed by atoms with E-state index in [9.17, 15) is 8.78 Å². The van der Waals surface area contributed by atoms with Gasteiger partial charge in [0, 0.05) is 15.1 Å². The normalized spacial score (nSPS) is 12.4. The summed E-state index contributed by atoms with van der Waals surface area (Å²) < 4.78 is 27.8. The van der Waals surface area contributed by atoms with Gasteiger partial charge < -0.3 is 0 Å². The van der Waals surface area contributed by atoms with Crippen LogP contribution in [0.15, 0.2) is 40.9 Å². The molecule has 0 aliphatic heterocycles. The van der Waals surface area contributed by atoms with Gasteiger partial charge >= 0.3 is 0 Å². The number of nitrogens with two attached hydrogens (primary N) is 1. The fourth-order valence-electron chi connectivity index (χ4n) is 1.97. The van der Waals surface area contributed by atoms with Crippen LogP contribution in [-0.2, 0) is 6.42 Å². The molecule has 0 heterocycles. The Bertz CT molecular complexity index is 602. The molecule has 0 aromatic heterocycles. The summed E-state index contributed by atoms with van der Waals surface area (Å²) in [5.41, 5.74) is 3.51. The van der Waals surface area contributed by atoms with Gasteiger partial charge in [0.25, 0.3) is 0 Å². The smallest absolute Gasteiger partial charge is 0.127 e. The quantitative estimate of drug-likeness (QED) is 0.635. The molecule has 6 heteroatoms. The first kappa shape index (κ1) is 15.4. The zero-order valence-electron chi connectivity index (χ0n) is 10.3. The van der Waals surface area contributed by atoms with Gasteiger partial charge in [-0.25, -0.2) is 8.78 Å². The summed E-state index contributed by atoms with van der Waals surface area (Å²) >= 11 is 9.33. The minimum atomic E-state index is -0.463. The van der Waals surface area contributed by atoms with Crippen molar-refractivity contribution in [3.8, 4) is 0 Å². The van der Waals surface area contributed by atoms with Crippen LogP contribution in [-0.4, -0.2) is 0 Å². The Morgan fingerprint density at radius 3 is 2.65 bits per heavy atom. The number of halogens is 4. The van der Waals surface area contributed by atoms with Crippen molar-refractivity contribution in [2.45, 2.75) is 12.5 Å². The molecule has 3 N–H and O–H groups in total. The molecule has 1 unspecified atom stereocenters. The Morgan fingerprint density at radius 2 is 2.00 bits per heavy atom. The second-order valence-corrected chi connectivity index (χ2v) is 5.55. The number of rotatable bonds is 4. The van der Waals surface area contributed by atoms with Crippen molar-refractivity contribution in [2.24, 2.45) is 5.84 Å². The fraction of sp³-hybridized carbons (Fsp3) is 0.143. The number of benzene rings is 2. The van der Waals surface area contributed by atoms with Crippen molar-refractivity contribution >= 4 is 27.5 Å². The summed E-state index contributed by atoms with van der Waals surface area (Å²) in [5.74, 6) is 4.72. The maximum atomic E-state index is 13.8. The predicted molar refractivity (Wildman–Crippen MR) is 79.3 cm³/mol. The molecule has 2 aromatic rings. The molecule has 0 bridgehead atoms. The number of hydrazine groups is 1.